The minimum atomic E-state index is -0.258. The number of aromatic nitrogens is 1. The van der Waals surface area contributed by atoms with Gasteiger partial charge in [-0.2, -0.15) is 0 Å². The Balaban J connectivity index is 1.73. The molecule has 0 atom stereocenters. The number of halogens is 2. The van der Waals surface area contributed by atoms with Gasteiger partial charge in [0.1, 0.15) is 22.8 Å². The van der Waals surface area contributed by atoms with Crippen LogP contribution in [0.4, 0.5) is 8.78 Å². The smallest absolute Gasteiger partial charge is 0.144 e. The fraction of sp³-hybridized carbons (Fsp3) is 0.0741. The molecule has 0 unspecified atom stereocenters. The van der Waals surface area contributed by atoms with Crippen LogP contribution in [0.15, 0.2) is 71.3 Å². The van der Waals surface area contributed by atoms with Crippen LogP contribution in [0.2, 0.25) is 0 Å². The van der Waals surface area contributed by atoms with Gasteiger partial charge in [-0.05, 0) is 83.6 Å². The first-order chi connectivity index (χ1) is 15.0. The summed E-state index contributed by atoms with van der Waals surface area (Å²) in [4.78, 5) is 4.69. The van der Waals surface area contributed by atoms with Crippen molar-refractivity contribution in [3.05, 3.63) is 89.6 Å². The normalized spacial score (nSPS) is 11.9. The van der Waals surface area contributed by atoms with E-state index in [1.807, 2.05) is 37.3 Å². The highest BCUT2D eigenvalue weighted by Crippen LogP contribution is 2.40. The number of pyridine rings is 1. The minimum absolute atomic E-state index is 0.250. The average molecular weight is 409 g/mol. The number of nitrogens with zero attached hydrogens (tertiary/aromatic N) is 1. The number of benzene rings is 4. The lowest BCUT2D eigenvalue weighted by molar-refractivity contribution is 0.617. The molecule has 0 radical (unpaired) electrons. The Morgan fingerprint density at radius 3 is 2.45 bits per heavy atom. The summed E-state index contributed by atoms with van der Waals surface area (Å²) in [5.74, 6) is -0.508. The molecule has 0 aliphatic carbocycles. The Morgan fingerprint density at radius 1 is 0.742 bits per heavy atom. The summed E-state index contributed by atoms with van der Waals surface area (Å²) in [6.45, 7) is 3.74. The van der Waals surface area contributed by atoms with Crippen molar-refractivity contribution in [2.24, 2.45) is 0 Å². The Kier molecular flexibility index (Phi) is 3.69. The van der Waals surface area contributed by atoms with Gasteiger partial charge in [0.05, 0.1) is 5.69 Å². The van der Waals surface area contributed by atoms with Gasteiger partial charge in [-0.15, -0.1) is 0 Å². The Bertz CT molecular complexity index is 1680. The van der Waals surface area contributed by atoms with Crippen LogP contribution in [0.5, 0.6) is 0 Å². The second kappa shape index (κ2) is 6.35. The maximum Gasteiger partial charge on any atom is 0.144 e. The second-order valence-corrected chi connectivity index (χ2v) is 8.07. The van der Waals surface area contributed by atoms with Crippen molar-refractivity contribution >= 4 is 43.5 Å². The van der Waals surface area contributed by atoms with Crippen LogP contribution in [-0.4, -0.2) is 4.98 Å². The summed E-state index contributed by atoms with van der Waals surface area (Å²) in [5, 5.41) is 5.38. The molecule has 0 aliphatic rings. The van der Waals surface area contributed by atoms with Crippen LogP contribution < -0.4 is 0 Å². The summed E-state index contributed by atoms with van der Waals surface area (Å²) in [6, 6.07) is 18.0. The van der Waals surface area contributed by atoms with E-state index in [2.05, 4.69) is 4.98 Å². The van der Waals surface area contributed by atoms with E-state index in [1.165, 1.54) is 18.2 Å². The third-order valence-electron chi connectivity index (χ3n) is 5.97. The first-order valence-corrected chi connectivity index (χ1v) is 10.1. The molecule has 0 fully saturated rings. The van der Waals surface area contributed by atoms with Crippen molar-refractivity contribution in [3.8, 4) is 11.3 Å². The molecule has 0 saturated heterocycles. The third-order valence-corrected chi connectivity index (χ3v) is 5.97. The van der Waals surface area contributed by atoms with Gasteiger partial charge in [-0.3, -0.25) is 4.98 Å². The van der Waals surface area contributed by atoms with Gasteiger partial charge in [-0.1, -0.05) is 18.2 Å². The van der Waals surface area contributed by atoms with Crippen molar-refractivity contribution < 1.29 is 13.2 Å². The quantitative estimate of drug-likeness (QED) is 0.258. The number of furan rings is 1. The van der Waals surface area contributed by atoms with E-state index < -0.39 is 0 Å². The van der Waals surface area contributed by atoms with Crippen LogP contribution in [-0.2, 0) is 0 Å². The van der Waals surface area contributed by atoms with Crippen molar-refractivity contribution in [1.82, 2.24) is 4.98 Å². The monoisotopic (exact) mass is 409 g/mol. The van der Waals surface area contributed by atoms with Gasteiger partial charge in [0.15, 0.2) is 0 Å². The SMILES string of the molecule is Cc1cc(-c2nccc3c2ccc2cc(F)ccc23)c2oc3cc(C)c(F)cc3c2c1. The molecule has 31 heavy (non-hydrogen) atoms. The number of fused-ring (bicyclic) bond motifs is 6. The Hall–Kier alpha value is -3.79. The van der Waals surface area contributed by atoms with Crippen LogP contribution in [0, 0.1) is 25.5 Å². The molecule has 150 valence electrons. The molecule has 0 saturated carbocycles. The topological polar surface area (TPSA) is 26.0 Å². The molecule has 6 aromatic rings. The third kappa shape index (κ3) is 2.65. The van der Waals surface area contributed by atoms with Gasteiger partial charge >= 0.3 is 0 Å². The van der Waals surface area contributed by atoms with E-state index in [4.69, 9.17) is 4.42 Å². The zero-order valence-corrected chi connectivity index (χ0v) is 17.0. The largest absolute Gasteiger partial charge is 0.455 e. The maximum absolute atomic E-state index is 14.3. The molecule has 0 amide bonds. The molecule has 0 aliphatic heterocycles. The van der Waals surface area contributed by atoms with E-state index in [-0.39, 0.29) is 11.6 Å². The fourth-order valence-corrected chi connectivity index (χ4v) is 4.50. The van der Waals surface area contributed by atoms with E-state index in [1.54, 1.807) is 25.3 Å². The number of rotatable bonds is 1. The lowest BCUT2D eigenvalue weighted by Crippen LogP contribution is -1.89. The molecule has 0 bridgehead atoms. The summed E-state index contributed by atoms with van der Waals surface area (Å²) in [7, 11) is 0. The summed E-state index contributed by atoms with van der Waals surface area (Å²) in [5.41, 5.74) is 4.57. The highest BCUT2D eigenvalue weighted by atomic mass is 19.1. The molecular weight excluding hydrogens is 392 g/mol. The summed E-state index contributed by atoms with van der Waals surface area (Å²) in [6.07, 6.45) is 1.76. The van der Waals surface area contributed by atoms with E-state index in [9.17, 15) is 8.78 Å². The van der Waals surface area contributed by atoms with Gasteiger partial charge < -0.3 is 4.42 Å². The number of hydrogen-bond donors (Lipinski definition) is 0. The maximum atomic E-state index is 14.3. The molecule has 0 spiro atoms. The van der Waals surface area contributed by atoms with Gasteiger partial charge in [-0.25, -0.2) is 8.78 Å². The van der Waals surface area contributed by atoms with E-state index in [0.717, 1.165) is 49.1 Å². The molecule has 4 heteroatoms. The second-order valence-electron chi connectivity index (χ2n) is 8.07. The molecule has 6 rings (SSSR count). The molecule has 2 heterocycles. The summed E-state index contributed by atoms with van der Waals surface area (Å²) < 4.78 is 34.2. The van der Waals surface area contributed by atoms with Gasteiger partial charge in [0.25, 0.3) is 0 Å². The lowest BCUT2D eigenvalue weighted by Gasteiger charge is -2.10. The number of hydrogen-bond acceptors (Lipinski definition) is 2. The van der Waals surface area contributed by atoms with Crippen molar-refractivity contribution in [2.75, 3.05) is 0 Å². The number of aryl methyl sites for hydroxylation is 2. The van der Waals surface area contributed by atoms with Crippen LogP contribution in [0.25, 0.3) is 54.7 Å². The van der Waals surface area contributed by atoms with Crippen molar-refractivity contribution in [1.29, 1.82) is 0 Å². The first-order valence-electron chi connectivity index (χ1n) is 10.1. The molecular formula is C27H17F2NO. The zero-order chi connectivity index (χ0) is 21.3. The minimum Gasteiger partial charge on any atom is -0.455 e. The van der Waals surface area contributed by atoms with Gasteiger partial charge in [0.2, 0.25) is 0 Å². The van der Waals surface area contributed by atoms with E-state index >= 15 is 0 Å². The molecule has 2 nitrogen and oxygen atoms in total. The summed E-state index contributed by atoms with van der Waals surface area (Å²) >= 11 is 0. The lowest BCUT2D eigenvalue weighted by atomic mass is 9.96. The van der Waals surface area contributed by atoms with Crippen molar-refractivity contribution in [2.45, 2.75) is 13.8 Å². The highest BCUT2D eigenvalue weighted by molar-refractivity contribution is 6.15. The fourth-order valence-electron chi connectivity index (χ4n) is 4.50. The van der Waals surface area contributed by atoms with Crippen molar-refractivity contribution in [3.63, 3.8) is 0 Å². The van der Waals surface area contributed by atoms with Crippen LogP contribution in [0.3, 0.4) is 0 Å². The zero-order valence-electron chi connectivity index (χ0n) is 17.0. The average Bonchev–Trinajstić information content (AvgIpc) is 3.09. The highest BCUT2D eigenvalue weighted by Gasteiger charge is 2.18. The van der Waals surface area contributed by atoms with E-state index in [0.29, 0.717) is 16.7 Å². The van der Waals surface area contributed by atoms with Crippen LogP contribution in [0.1, 0.15) is 11.1 Å². The molecule has 0 N–H and O–H groups in total. The Morgan fingerprint density at radius 2 is 1.58 bits per heavy atom. The molecule has 2 aromatic heterocycles. The standard InChI is InChI=1S/C27H17F2NO/c1-14-9-22-21-13-24(29)15(2)11-25(21)31-27(22)23(10-14)26-20-5-3-16-12-17(28)4-6-18(16)19(20)7-8-30-26/h3-13H,1-2H3. The first kappa shape index (κ1) is 18.0. The predicted octanol–water partition coefficient (Wildman–Crippen LogP) is 7.85. The predicted molar refractivity (Wildman–Crippen MR) is 121 cm³/mol. The van der Waals surface area contributed by atoms with Gasteiger partial charge in [0, 0.05) is 27.9 Å². The molecule has 4 aromatic carbocycles. The van der Waals surface area contributed by atoms with Crippen LogP contribution >= 0.6 is 0 Å². The Labute approximate surface area is 176 Å².